The Hall–Kier alpha value is -2.25. The van der Waals surface area contributed by atoms with Crippen molar-refractivity contribution in [3.8, 4) is 0 Å². The third kappa shape index (κ3) is 4.43. The van der Waals surface area contributed by atoms with Gasteiger partial charge in [-0.3, -0.25) is 9.78 Å². The summed E-state index contributed by atoms with van der Waals surface area (Å²) in [5, 5.41) is 2.82. The molecule has 1 aromatic carbocycles. The molecule has 1 amide bonds. The zero-order valence-corrected chi connectivity index (χ0v) is 15.5. The zero-order chi connectivity index (χ0) is 18.4. The minimum Gasteiger partial charge on any atom is -0.348 e. The van der Waals surface area contributed by atoms with Crippen LogP contribution in [0.3, 0.4) is 0 Å². The Morgan fingerprint density at radius 3 is 2.36 bits per heavy atom. The number of hydrogen-bond donors (Lipinski definition) is 1. The Kier molecular flexibility index (Phi) is 6.27. The van der Waals surface area contributed by atoms with E-state index in [2.05, 4.69) is 10.3 Å². The van der Waals surface area contributed by atoms with Crippen molar-refractivity contribution in [1.29, 1.82) is 0 Å². The van der Waals surface area contributed by atoms with Crippen LogP contribution >= 0.6 is 0 Å². The molecule has 0 aliphatic rings. The van der Waals surface area contributed by atoms with Crippen LogP contribution in [0.5, 0.6) is 0 Å². The lowest BCUT2D eigenvalue weighted by Crippen LogP contribution is -2.31. The highest BCUT2D eigenvalue weighted by Crippen LogP contribution is 2.19. The van der Waals surface area contributed by atoms with E-state index in [9.17, 15) is 13.2 Å². The van der Waals surface area contributed by atoms with Gasteiger partial charge in [0.1, 0.15) is 0 Å². The molecule has 134 valence electrons. The average Bonchev–Trinajstić information content (AvgIpc) is 2.61. The lowest BCUT2D eigenvalue weighted by Gasteiger charge is -2.19. The van der Waals surface area contributed by atoms with Crippen LogP contribution in [-0.4, -0.2) is 36.7 Å². The van der Waals surface area contributed by atoms with Crippen LogP contribution in [-0.2, 0) is 16.6 Å². The van der Waals surface area contributed by atoms with Crippen LogP contribution in [0.2, 0.25) is 0 Å². The molecule has 1 heterocycles. The van der Waals surface area contributed by atoms with E-state index in [0.717, 1.165) is 11.1 Å². The van der Waals surface area contributed by atoms with Gasteiger partial charge in [0.05, 0.1) is 4.90 Å². The molecule has 7 heteroatoms. The first kappa shape index (κ1) is 19.1. The van der Waals surface area contributed by atoms with E-state index >= 15 is 0 Å². The molecule has 0 spiro atoms. The molecule has 0 saturated carbocycles. The molecular formula is C18H23N3O3S. The highest BCUT2D eigenvalue weighted by atomic mass is 32.2. The highest BCUT2D eigenvalue weighted by Gasteiger charge is 2.23. The van der Waals surface area contributed by atoms with Crippen LogP contribution < -0.4 is 5.32 Å². The number of hydrogen-bond acceptors (Lipinski definition) is 4. The Labute approximate surface area is 148 Å². The summed E-state index contributed by atoms with van der Waals surface area (Å²) in [6.45, 7) is 6.49. The topological polar surface area (TPSA) is 79.4 Å². The molecule has 0 bridgehead atoms. The standard InChI is InChI=1S/C18H23N3O3S/c1-4-21(5-2)25(23,24)16-7-6-14(3)17(12-16)18(22)20-13-15-8-10-19-11-9-15/h6-12H,4-5,13H2,1-3H3,(H,20,22). The highest BCUT2D eigenvalue weighted by molar-refractivity contribution is 7.89. The van der Waals surface area contributed by atoms with E-state index < -0.39 is 10.0 Å². The van der Waals surface area contributed by atoms with Gasteiger partial charge in [0, 0.05) is 37.6 Å². The van der Waals surface area contributed by atoms with E-state index in [1.165, 1.54) is 10.4 Å². The molecule has 0 unspecified atom stereocenters. The fourth-order valence-corrected chi connectivity index (χ4v) is 3.98. The number of benzene rings is 1. The van der Waals surface area contributed by atoms with E-state index in [1.807, 2.05) is 12.1 Å². The summed E-state index contributed by atoms with van der Waals surface area (Å²) in [6.07, 6.45) is 3.31. The number of aromatic nitrogens is 1. The summed E-state index contributed by atoms with van der Waals surface area (Å²) in [4.78, 5) is 16.6. The minimum atomic E-state index is -3.60. The molecule has 0 atom stereocenters. The minimum absolute atomic E-state index is 0.135. The van der Waals surface area contributed by atoms with Crippen LogP contribution in [0.4, 0.5) is 0 Å². The lowest BCUT2D eigenvalue weighted by molar-refractivity contribution is 0.0950. The summed E-state index contributed by atoms with van der Waals surface area (Å²) < 4.78 is 26.7. The maximum atomic E-state index is 12.6. The SMILES string of the molecule is CCN(CC)S(=O)(=O)c1ccc(C)c(C(=O)NCc2ccncc2)c1. The Morgan fingerprint density at radius 1 is 1.12 bits per heavy atom. The quantitative estimate of drug-likeness (QED) is 0.821. The number of pyridine rings is 1. The molecule has 2 aromatic rings. The van der Waals surface area contributed by atoms with E-state index in [1.54, 1.807) is 45.3 Å². The summed E-state index contributed by atoms with van der Waals surface area (Å²) in [7, 11) is -3.60. The zero-order valence-electron chi connectivity index (χ0n) is 14.7. The second kappa shape index (κ2) is 8.22. The molecule has 0 aliphatic carbocycles. The van der Waals surface area contributed by atoms with Crippen LogP contribution in [0, 0.1) is 6.92 Å². The normalized spacial score (nSPS) is 11.5. The monoisotopic (exact) mass is 361 g/mol. The number of rotatable bonds is 7. The van der Waals surface area contributed by atoms with Crippen LogP contribution in [0.1, 0.15) is 35.3 Å². The second-order valence-corrected chi connectivity index (χ2v) is 7.54. The first-order valence-corrected chi connectivity index (χ1v) is 9.62. The number of carbonyl (C=O) groups is 1. The summed E-state index contributed by atoms with van der Waals surface area (Å²) in [5.41, 5.74) is 2.01. The Balaban J connectivity index is 2.25. The van der Waals surface area contributed by atoms with Crippen molar-refractivity contribution in [3.63, 3.8) is 0 Å². The molecule has 1 aromatic heterocycles. The molecule has 2 rings (SSSR count). The van der Waals surface area contributed by atoms with Crippen molar-refractivity contribution >= 4 is 15.9 Å². The molecular weight excluding hydrogens is 338 g/mol. The fourth-order valence-electron chi connectivity index (χ4n) is 2.50. The second-order valence-electron chi connectivity index (χ2n) is 5.60. The third-order valence-electron chi connectivity index (χ3n) is 4.00. The van der Waals surface area contributed by atoms with Gasteiger partial charge in [0.2, 0.25) is 10.0 Å². The first-order chi connectivity index (χ1) is 11.9. The number of nitrogens with one attached hydrogen (secondary N) is 1. The van der Waals surface area contributed by atoms with Crippen molar-refractivity contribution in [2.75, 3.05) is 13.1 Å². The van der Waals surface area contributed by atoms with E-state index in [4.69, 9.17) is 0 Å². The van der Waals surface area contributed by atoms with Crippen molar-refractivity contribution in [1.82, 2.24) is 14.6 Å². The van der Waals surface area contributed by atoms with Crippen molar-refractivity contribution in [2.24, 2.45) is 0 Å². The number of amides is 1. The van der Waals surface area contributed by atoms with Crippen molar-refractivity contribution < 1.29 is 13.2 Å². The fraction of sp³-hybridized carbons (Fsp3) is 0.333. The van der Waals surface area contributed by atoms with E-state index in [-0.39, 0.29) is 10.8 Å². The largest absolute Gasteiger partial charge is 0.348 e. The number of aryl methyl sites for hydroxylation is 1. The predicted octanol–water partition coefficient (Wildman–Crippen LogP) is 2.35. The van der Waals surface area contributed by atoms with Gasteiger partial charge in [-0.1, -0.05) is 19.9 Å². The van der Waals surface area contributed by atoms with Gasteiger partial charge in [-0.05, 0) is 42.3 Å². The maximum Gasteiger partial charge on any atom is 0.251 e. The first-order valence-electron chi connectivity index (χ1n) is 8.18. The van der Waals surface area contributed by atoms with Gasteiger partial charge < -0.3 is 5.32 Å². The maximum absolute atomic E-state index is 12.6. The lowest BCUT2D eigenvalue weighted by atomic mass is 10.1. The Bertz CT molecular complexity index is 832. The van der Waals surface area contributed by atoms with Gasteiger partial charge in [-0.15, -0.1) is 0 Å². The third-order valence-corrected chi connectivity index (χ3v) is 6.05. The molecule has 0 fully saturated rings. The summed E-state index contributed by atoms with van der Waals surface area (Å²) in [6, 6.07) is 8.29. The number of sulfonamides is 1. The average molecular weight is 361 g/mol. The number of carbonyl (C=O) groups excluding carboxylic acids is 1. The molecule has 1 N–H and O–H groups in total. The van der Waals surface area contributed by atoms with Gasteiger partial charge in [0.15, 0.2) is 0 Å². The van der Waals surface area contributed by atoms with Gasteiger partial charge >= 0.3 is 0 Å². The van der Waals surface area contributed by atoms with E-state index in [0.29, 0.717) is 25.2 Å². The smallest absolute Gasteiger partial charge is 0.251 e. The molecule has 0 saturated heterocycles. The van der Waals surface area contributed by atoms with Crippen LogP contribution in [0.25, 0.3) is 0 Å². The van der Waals surface area contributed by atoms with Gasteiger partial charge in [-0.25, -0.2) is 8.42 Å². The van der Waals surface area contributed by atoms with Gasteiger partial charge in [-0.2, -0.15) is 4.31 Å². The molecule has 25 heavy (non-hydrogen) atoms. The molecule has 0 aliphatic heterocycles. The van der Waals surface area contributed by atoms with Crippen LogP contribution in [0.15, 0.2) is 47.6 Å². The predicted molar refractivity (Wildman–Crippen MR) is 96.7 cm³/mol. The molecule has 6 nitrogen and oxygen atoms in total. The summed E-state index contributed by atoms with van der Waals surface area (Å²) in [5.74, 6) is -0.300. The number of nitrogens with zero attached hydrogens (tertiary/aromatic N) is 2. The molecule has 0 radical (unpaired) electrons. The van der Waals surface area contributed by atoms with Gasteiger partial charge in [0.25, 0.3) is 5.91 Å². The summed E-state index contributed by atoms with van der Waals surface area (Å²) >= 11 is 0. The van der Waals surface area contributed by atoms with Crippen molar-refractivity contribution in [3.05, 3.63) is 59.4 Å². The Morgan fingerprint density at radius 2 is 1.76 bits per heavy atom. The van der Waals surface area contributed by atoms with Crippen molar-refractivity contribution in [2.45, 2.75) is 32.2 Å².